The summed E-state index contributed by atoms with van der Waals surface area (Å²) in [5, 5.41) is 4.96. The molecule has 0 aliphatic rings. The first-order valence-electron chi connectivity index (χ1n) is 6.41. The highest BCUT2D eigenvalue weighted by molar-refractivity contribution is 7.09. The number of nitrogen functional groups attached to an aromatic ring is 1. The quantitative estimate of drug-likeness (QED) is 0.832. The molecular formula is C15H19N3OS. The fourth-order valence-corrected chi connectivity index (χ4v) is 2.77. The van der Waals surface area contributed by atoms with Crippen LogP contribution in [0.15, 0.2) is 35.7 Å². The lowest BCUT2D eigenvalue weighted by molar-refractivity contribution is -0.117. The van der Waals surface area contributed by atoms with Gasteiger partial charge >= 0.3 is 0 Å². The van der Waals surface area contributed by atoms with Gasteiger partial charge in [-0.05, 0) is 49.2 Å². The van der Waals surface area contributed by atoms with Crippen LogP contribution in [0.1, 0.15) is 10.4 Å². The van der Waals surface area contributed by atoms with E-state index in [1.807, 2.05) is 42.5 Å². The van der Waals surface area contributed by atoms with Crippen LogP contribution in [0.4, 0.5) is 11.4 Å². The van der Waals surface area contributed by atoms with Crippen LogP contribution >= 0.6 is 11.3 Å². The van der Waals surface area contributed by atoms with E-state index in [0.717, 1.165) is 17.8 Å². The van der Waals surface area contributed by atoms with Crippen molar-refractivity contribution in [3.8, 4) is 0 Å². The van der Waals surface area contributed by atoms with Gasteiger partial charge in [0.05, 0.1) is 6.54 Å². The summed E-state index contributed by atoms with van der Waals surface area (Å²) < 4.78 is 0. The molecule has 0 aliphatic heterocycles. The summed E-state index contributed by atoms with van der Waals surface area (Å²) in [5.41, 5.74) is 8.18. The zero-order valence-electron chi connectivity index (χ0n) is 11.7. The third-order valence-corrected chi connectivity index (χ3v) is 3.81. The van der Waals surface area contributed by atoms with Crippen LogP contribution in [0.3, 0.4) is 0 Å². The number of nitrogens with zero attached hydrogens (tertiary/aromatic N) is 1. The number of rotatable bonds is 5. The Hall–Kier alpha value is -1.85. The number of likely N-dealkylation sites (N-methyl/N-ethyl adjacent to an activating group) is 1. The lowest BCUT2D eigenvalue weighted by Gasteiger charge is -2.16. The number of thiophene rings is 1. The Morgan fingerprint density at radius 3 is 2.85 bits per heavy atom. The van der Waals surface area contributed by atoms with Gasteiger partial charge in [0, 0.05) is 22.8 Å². The van der Waals surface area contributed by atoms with Crippen LogP contribution in [0.2, 0.25) is 0 Å². The number of anilines is 2. The number of nitrogens with two attached hydrogens (primary N) is 1. The molecule has 4 nitrogen and oxygen atoms in total. The summed E-state index contributed by atoms with van der Waals surface area (Å²) in [7, 11) is 1.94. The van der Waals surface area contributed by atoms with E-state index in [9.17, 15) is 4.79 Å². The van der Waals surface area contributed by atoms with Crippen LogP contribution in [0, 0.1) is 6.92 Å². The summed E-state index contributed by atoms with van der Waals surface area (Å²) in [6.07, 6.45) is 0. The van der Waals surface area contributed by atoms with E-state index in [1.54, 1.807) is 17.4 Å². The largest absolute Gasteiger partial charge is 0.399 e. The summed E-state index contributed by atoms with van der Waals surface area (Å²) in [5.74, 6) is -0.0167. The van der Waals surface area contributed by atoms with E-state index in [2.05, 4.69) is 11.4 Å². The Morgan fingerprint density at radius 2 is 2.20 bits per heavy atom. The Bertz CT molecular complexity index is 581. The average Bonchev–Trinajstić information content (AvgIpc) is 2.85. The molecule has 0 aliphatic carbocycles. The Morgan fingerprint density at radius 1 is 1.40 bits per heavy atom. The molecule has 0 saturated carbocycles. The van der Waals surface area contributed by atoms with Gasteiger partial charge in [-0.15, -0.1) is 11.3 Å². The first-order chi connectivity index (χ1) is 9.54. The summed E-state index contributed by atoms with van der Waals surface area (Å²) >= 11 is 1.70. The van der Waals surface area contributed by atoms with Crippen LogP contribution < -0.4 is 11.1 Å². The molecule has 20 heavy (non-hydrogen) atoms. The molecule has 1 amide bonds. The highest BCUT2D eigenvalue weighted by Crippen LogP contribution is 2.17. The van der Waals surface area contributed by atoms with E-state index in [1.165, 1.54) is 4.88 Å². The number of carbonyl (C=O) groups excluding carboxylic acids is 1. The minimum Gasteiger partial charge on any atom is -0.399 e. The molecule has 0 bridgehead atoms. The molecule has 0 atom stereocenters. The summed E-state index contributed by atoms with van der Waals surface area (Å²) in [4.78, 5) is 15.3. The molecule has 1 aromatic heterocycles. The molecule has 1 aromatic carbocycles. The van der Waals surface area contributed by atoms with Crippen LogP contribution in [-0.4, -0.2) is 24.4 Å². The topological polar surface area (TPSA) is 58.4 Å². The normalized spacial score (nSPS) is 10.8. The van der Waals surface area contributed by atoms with Crippen molar-refractivity contribution < 1.29 is 4.79 Å². The fourth-order valence-electron chi connectivity index (χ4n) is 1.99. The third kappa shape index (κ3) is 4.08. The van der Waals surface area contributed by atoms with E-state index in [4.69, 9.17) is 5.73 Å². The van der Waals surface area contributed by atoms with Gasteiger partial charge in [-0.2, -0.15) is 0 Å². The predicted molar refractivity (Wildman–Crippen MR) is 84.9 cm³/mol. The van der Waals surface area contributed by atoms with Crippen molar-refractivity contribution in [3.63, 3.8) is 0 Å². The molecule has 0 saturated heterocycles. The van der Waals surface area contributed by atoms with Crippen molar-refractivity contribution in [2.75, 3.05) is 24.6 Å². The number of carbonyl (C=O) groups is 1. The number of nitrogens with one attached hydrogen (secondary N) is 1. The molecule has 0 unspecified atom stereocenters. The van der Waals surface area contributed by atoms with E-state index in [0.29, 0.717) is 12.2 Å². The molecule has 0 radical (unpaired) electrons. The summed E-state index contributed by atoms with van der Waals surface area (Å²) in [6, 6.07) is 9.57. The first-order valence-corrected chi connectivity index (χ1v) is 7.29. The third-order valence-electron chi connectivity index (χ3n) is 2.94. The van der Waals surface area contributed by atoms with Crippen LogP contribution in [-0.2, 0) is 11.3 Å². The monoisotopic (exact) mass is 289 g/mol. The van der Waals surface area contributed by atoms with Crippen molar-refractivity contribution in [1.29, 1.82) is 0 Å². The molecule has 0 fully saturated rings. The number of benzene rings is 1. The number of hydrogen-bond acceptors (Lipinski definition) is 4. The van der Waals surface area contributed by atoms with Gasteiger partial charge in [-0.25, -0.2) is 0 Å². The average molecular weight is 289 g/mol. The first kappa shape index (κ1) is 14.6. The maximum atomic E-state index is 12.0. The van der Waals surface area contributed by atoms with E-state index < -0.39 is 0 Å². The van der Waals surface area contributed by atoms with Gasteiger partial charge in [0.15, 0.2) is 0 Å². The zero-order valence-corrected chi connectivity index (χ0v) is 12.5. The lowest BCUT2D eigenvalue weighted by atomic mass is 10.2. The van der Waals surface area contributed by atoms with Crippen molar-refractivity contribution in [3.05, 3.63) is 46.2 Å². The van der Waals surface area contributed by atoms with Gasteiger partial charge in [-0.3, -0.25) is 9.69 Å². The van der Waals surface area contributed by atoms with E-state index >= 15 is 0 Å². The number of hydrogen-bond donors (Lipinski definition) is 2. The van der Waals surface area contributed by atoms with Crippen molar-refractivity contribution >= 4 is 28.6 Å². The Balaban J connectivity index is 1.88. The van der Waals surface area contributed by atoms with Crippen molar-refractivity contribution in [2.45, 2.75) is 13.5 Å². The molecule has 0 spiro atoms. The second kappa shape index (κ2) is 6.54. The van der Waals surface area contributed by atoms with E-state index in [-0.39, 0.29) is 5.91 Å². The molecule has 5 heteroatoms. The van der Waals surface area contributed by atoms with Gasteiger partial charge in [0.2, 0.25) is 5.91 Å². The maximum Gasteiger partial charge on any atom is 0.238 e. The van der Waals surface area contributed by atoms with Crippen molar-refractivity contribution in [1.82, 2.24) is 4.90 Å². The van der Waals surface area contributed by atoms with Gasteiger partial charge < -0.3 is 11.1 Å². The molecule has 3 N–H and O–H groups in total. The maximum absolute atomic E-state index is 12.0. The van der Waals surface area contributed by atoms with Crippen LogP contribution in [0.5, 0.6) is 0 Å². The molecular weight excluding hydrogens is 270 g/mol. The second-order valence-electron chi connectivity index (χ2n) is 4.87. The van der Waals surface area contributed by atoms with Gasteiger partial charge in [0.1, 0.15) is 0 Å². The predicted octanol–water partition coefficient (Wildman–Crippen LogP) is 2.71. The molecule has 1 heterocycles. The zero-order chi connectivity index (χ0) is 14.5. The molecule has 2 aromatic rings. The second-order valence-corrected chi connectivity index (χ2v) is 5.91. The Labute approximate surface area is 123 Å². The Kier molecular flexibility index (Phi) is 4.76. The SMILES string of the molecule is Cc1cc(N)ccc1NC(=O)CN(C)Cc1cccs1. The standard InChI is InChI=1S/C15H19N3OS/c1-11-8-12(16)5-6-14(11)17-15(19)10-18(2)9-13-4-3-7-20-13/h3-8H,9-10,16H2,1-2H3,(H,17,19). The lowest BCUT2D eigenvalue weighted by Crippen LogP contribution is -2.29. The summed E-state index contributed by atoms with van der Waals surface area (Å²) in [6.45, 7) is 3.08. The highest BCUT2D eigenvalue weighted by atomic mass is 32.1. The fraction of sp³-hybridized carbons (Fsp3) is 0.267. The smallest absolute Gasteiger partial charge is 0.238 e. The highest BCUT2D eigenvalue weighted by Gasteiger charge is 2.09. The van der Waals surface area contributed by atoms with Crippen LogP contribution in [0.25, 0.3) is 0 Å². The minimum absolute atomic E-state index is 0.0167. The minimum atomic E-state index is -0.0167. The van der Waals surface area contributed by atoms with Gasteiger partial charge in [0.25, 0.3) is 0 Å². The van der Waals surface area contributed by atoms with Gasteiger partial charge in [-0.1, -0.05) is 6.07 Å². The van der Waals surface area contributed by atoms with Crippen molar-refractivity contribution in [2.24, 2.45) is 0 Å². The molecule has 106 valence electrons. The number of amides is 1. The molecule has 2 rings (SSSR count). The number of aryl methyl sites for hydroxylation is 1.